The summed E-state index contributed by atoms with van der Waals surface area (Å²) < 4.78 is 0. The molecule has 0 N–H and O–H groups in total. The summed E-state index contributed by atoms with van der Waals surface area (Å²) in [6, 6.07) is 5.86. The van der Waals surface area contributed by atoms with Crippen LogP contribution in [0.1, 0.15) is 11.1 Å². The monoisotopic (exact) mass is 150 g/mol. The van der Waals surface area contributed by atoms with Crippen molar-refractivity contribution in [3.63, 3.8) is 0 Å². The lowest BCUT2D eigenvalue weighted by atomic mass is 10.1. The van der Waals surface area contributed by atoms with Crippen molar-refractivity contribution >= 4 is 5.69 Å². The van der Waals surface area contributed by atoms with Crippen molar-refractivity contribution in [2.45, 2.75) is 13.8 Å². The van der Waals surface area contributed by atoms with Gasteiger partial charge in [0.2, 0.25) is 0 Å². The summed E-state index contributed by atoms with van der Waals surface area (Å²) in [6.07, 6.45) is 0. The molecule has 0 aromatic heterocycles. The lowest BCUT2D eigenvalue weighted by molar-refractivity contribution is -0.385. The quantitative estimate of drug-likeness (QED) is 0.454. The molecule has 0 saturated carbocycles. The third kappa shape index (κ3) is 1.55. The van der Waals surface area contributed by atoms with E-state index < -0.39 is 4.92 Å². The number of hydrogen-bond acceptors (Lipinski definition) is 2. The topological polar surface area (TPSA) is 43.1 Å². The van der Waals surface area contributed by atoms with Gasteiger partial charge in [-0.1, -0.05) is 6.07 Å². The zero-order valence-electron chi connectivity index (χ0n) is 6.42. The molecule has 57 valence electrons. The maximum atomic E-state index is 10.2. The molecule has 1 aromatic carbocycles. The third-order valence-electron chi connectivity index (χ3n) is 1.59. The van der Waals surface area contributed by atoms with Crippen LogP contribution in [0.3, 0.4) is 0 Å². The summed E-state index contributed by atoms with van der Waals surface area (Å²) in [7, 11) is 0. The van der Waals surface area contributed by atoms with Gasteiger partial charge in [-0.05, 0) is 25.0 Å². The van der Waals surface area contributed by atoms with Gasteiger partial charge >= 0.3 is 0 Å². The highest BCUT2D eigenvalue weighted by molar-refractivity contribution is 5.36. The summed E-state index contributed by atoms with van der Waals surface area (Å²) in [4.78, 5) is 9.80. The summed E-state index contributed by atoms with van der Waals surface area (Å²) in [5.74, 6) is 0. The first kappa shape index (κ1) is 7.72. The first-order chi connectivity index (χ1) is 5.11. The lowest BCUT2D eigenvalue weighted by Gasteiger charge is -1.96. The molecule has 0 amide bonds. The Hall–Kier alpha value is -1.38. The van der Waals surface area contributed by atoms with Crippen molar-refractivity contribution in [3.8, 4) is 0 Å². The van der Waals surface area contributed by atoms with Crippen molar-refractivity contribution in [1.82, 2.24) is 0 Å². The molecule has 0 aliphatic carbocycles. The van der Waals surface area contributed by atoms with Crippen LogP contribution in [0.5, 0.6) is 0 Å². The van der Waals surface area contributed by atoms with Gasteiger partial charge in [-0.25, -0.2) is 0 Å². The van der Waals surface area contributed by atoms with Gasteiger partial charge in [0.25, 0.3) is 5.69 Å². The number of benzene rings is 1. The highest BCUT2D eigenvalue weighted by atomic mass is 16.6. The summed E-state index contributed by atoms with van der Waals surface area (Å²) in [5.41, 5.74) is 1.89. The van der Waals surface area contributed by atoms with E-state index in [1.54, 1.807) is 6.07 Å². The van der Waals surface area contributed by atoms with E-state index in [2.05, 4.69) is 6.07 Å². The minimum atomic E-state index is -0.438. The van der Waals surface area contributed by atoms with Crippen molar-refractivity contribution in [1.29, 1.82) is 0 Å². The average Bonchev–Trinajstić information content (AvgIpc) is 1.94. The Labute approximate surface area is 64.8 Å². The van der Waals surface area contributed by atoms with Gasteiger partial charge < -0.3 is 0 Å². The van der Waals surface area contributed by atoms with Crippen LogP contribution >= 0.6 is 0 Å². The van der Waals surface area contributed by atoms with Gasteiger partial charge in [0, 0.05) is 6.07 Å². The molecule has 0 heterocycles. The third-order valence-corrected chi connectivity index (χ3v) is 1.59. The molecule has 0 spiro atoms. The molecule has 3 nitrogen and oxygen atoms in total. The number of hydrogen-bond donors (Lipinski definition) is 0. The van der Waals surface area contributed by atoms with Crippen molar-refractivity contribution in [2.75, 3.05) is 0 Å². The number of nitro benzene ring substituents is 1. The molecule has 1 rings (SSSR count). The van der Waals surface area contributed by atoms with E-state index in [-0.39, 0.29) is 5.69 Å². The Bertz CT molecular complexity index is 294. The van der Waals surface area contributed by atoms with Gasteiger partial charge in [-0.15, -0.1) is 0 Å². The largest absolute Gasteiger partial charge is 0.277 e. The highest BCUT2D eigenvalue weighted by Crippen LogP contribution is 2.14. The predicted octanol–water partition coefficient (Wildman–Crippen LogP) is 2.01. The van der Waals surface area contributed by atoms with Crippen LogP contribution in [-0.2, 0) is 0 Å². The van der Waals surface area contributed by atoms with Gasteiger partial charge in [-0.3, -0.25) is 10.1 Å². The van der Waals surface area contributed by atoms with Gasteiger partial charge in [0.1, 0.15) is 0 Å². The number of rotatable bonds is 1. The molecule has 0 saturated heterocycles. The van der Waals surface area contributed by atoms with E-state index in [4.69, 9.17) is 0 Å². The molecule has 3 heteroatoms. The smallest absolute Gasteiger partial charge is 0.258 e. The van der Waals surface area contributed by atoms with E-state index in [0.29, 0.717) is 0 Å². The number of nitro groups is 1. The lowest BCUT2D eigenvalue weighted by Crippen LogP contribution is -1.89. The Kier molecular flexibility index (Phi) is 1.89. The molecule has 0 unspecified atom stereocenters. The Morgan fingerprint density at radius 2 is 2.09 bits per heavy atom. The second kappa shape index (κ2) is 2.70. The van der Waals surface area contributed by atoms with Gasteiger partial charge in [0.05, 0.1) is 11.0 Å². The van der Waals surface area contributed by atoms with E-state index in [1.807, 2.05) is 13.8 Å². The number of aryl methyl sites for hydroxylation is 2. The number of nitrogens with zero attached hydrogens (tertiary/aromatic N) is 1. The van der Waals surface area contributed by atoms with Crippen molar-refractivity contribution in [2.24, 2.45) is 0 Å². The van der Waals surface area contributed by atoms with Crippen LogP contribution < -0.4 is 0 Å². The standard InChI is InChI=1S/C8H8NO2/c1-6-3-4-8(9(10)11)5-7(6)2/h3-4H,1-2H3. The van der Waals surface area contributed by atoms with Crippen LogP contribution in [0, 0.1) is 30.0 Å². The molecule has 0 aliphatic rings. The fraction of sp³-hybridized carbons (Fsp3) is 0.250. The van der Waals surface area contributed by atoms with E-state index >= 15 is 0 Å². The molecule has 0 atom stereocenters. The Morgan fingerprint density at radius 1 is 1.45 bits per heavy atom. The first-order valence-electron chi connectivity index (χ1n) is 3.25. The second-order valence-electron chi connectivity index (χ2n) is 2.41. The fourth-order valence-corrected chi connectivity index (χ4v) is 0.768. The van der Waals surface area contributed by atoms with Gasteiger partial charge in [-0.2, -0.15) is 0 Å². The van der Waals surface area contributed by atoms with E-state index in [1.165, 1.54) is 6.07 Å². The Morgan fingerprint density at radius 3 is 2.55 bits per heavy atom. The predicted molar refractivity (Wildman–Crippen MR) is 41.4 cm³/mol. The Balaban J connectivity index is 3.15. The van der Waals surface area contributed by atoms with Gasteiger partial charge in [0.15, 0.2) is 0 Å². The van der Waals surface area contributed by atoms with E-state index in [9.17, 15) is 10.1 Å². The molecule has 0 bridgehead atoms. The highest BCUT2D eigenvalue weighted by Gasteiger charge is 2.05. The van der Waals surface area contributed by atoms with Crippen LogP contribution in [0.15, 0.2) is 12.1 Å². The first-order valence-corrected chi connectivity index (χ1v) is 3.25. The maximum absolute atomic E-state index is 10.2. The van der Waals surface area contributed by atoms with Crippen LogP contribution in [-0.4, -0.2) is 4.92 Å². The molecule has 0 fully saturated rings. The number of non-ortho nitro benzene ring substituents is 1. The maximum Gasteiger partial charge on any atom is 0.277 e. The van der Waals surface area contributed by atoms with Crippen LogP contribution in [0.4, 0.5) is 5.69 Å². The summed E-state index contributed by atoms with van der Waals surface area (Å²) >= 11 is 0. The molecule has 0 aliphatic heterocycles. The summed E-state index contributed by atoms with van der Waals surface area (Å²) in [6.45, 7) is 3.71. The minimum absolute atomic E-state index is 0.0353. The molecule has 1 aromatic rings. The second-order valence-corrected chi connectivity index (χ2v) is 2.41. The average molecular weight is 150 g/mol. The summed E-state index contributed by atoms with van der Waals surface area (Å²) in [5, 5.41) is 10.2. The normalized spacial score (nSPS) is 9.64. The van der Waals surface area contributed by atoms with E-state index in [0.717, 1.165) is 11.1 Å². The molecular formula is C8H8NO2. The van der Waals surface area contributed by atoms with Crippen molar-refractivity contribution < 1.29 is 4.92 Å². The fourth-order valence-electron chi connectivity index (χ4n) is 0.768. The zero-order chi connectivity index (χ0) is 8.43. The molecular weight excluding hydrogens is 142 g/mol. The molecule has 1 radical (unpaired) electrons. The minimum Gasteiger partial charge on any atom is -0.258 e. The van der Waals surface area contributed by atoms with Crippen LogP contribution in [0.25, 0.3) is 0 Å². The molecule has 11 heavy (non-hydrogen) atoms. The van der Waals surface area contributed by atoms with Crippen molar-refractivity contribution in [3.05, 3.63) is 39.4 Å². The zero-order valence-corrected chi connectivity index (χ0v) is 6.42. The van der Waals surface area contributed by atoms with Crippen LogP contribution in [0.2, 0.25) is 0 Å². The SMILES string of the molecule is Cc1[c]c([N+](=O)[O-])ccc1C.